The van der Waals surface area contributed by atoms with Crippen LogP contribution in [0.15, 0.2) is 12.3 Å². The summed E-state index contributed by atoms with van der Waals surface area (Å²) in [4.78, 5) is 4.01. The first-order valence-corrected chi connectivity index (χ1v) is 4.63. The van der Waals surface area contributed by atoms with Crippen molar-refractivity contribution in [1.29, 1.82) is 0 Å². The molecule has 1 aliphatic rings. The van der Waals surface area contributed by atoms with Crippen molar-refractivity contribution in [3.63, 3.8) is 0 Å². The van der Waals surface area contributed by atoms with Gasteiger partial charge >= 0.3 is 0 Å². The first-order chi connectivity index (χ1) is 6.27. The van der Waals surface area contributed by atoms with E-state index in [1.54, 1.807) is 6.07 Å². The summed E-state index contributed by atoms with van der Waals surface area (Å²) in [5.41, 5.74) is 1.94. The molecule has 0 spiro atoms. The second kappa shape index (κ2) is 3.42. The third kappa shape index (κ3) is 1.70. The van der Waals surface area contributed by atoms with Gasteiger partial charge in [0.25, 0.3) is 0 Å². The summed E-state index contributed by atoms with van der Waals surface area (Å²) in [6.45, 7) is 2.95. The van der Waals surface area contributed by atoms with Gasteiger partial charge in [-0.3, -0.25) is 4.98 Å². The lowest BCUT2D eigenvalue weighted by molar-refractivity contribution is 0.594. The van der Waals surface area contributed by atoms with Crippen molar-refractivity contribution < 1.29 is 4.39 Å². The molecule has 1 aromatic heterocycles. The van der Waals surface area contributed by atoms with E-state index < -0.39 is 0 Å². The highest BCUT2D eigenvalue weighted by Crippen LogP contribution is 2.24. The van der Waals surface area contributed by atoms with Crippen molar-refractivity contribution in [1.82, 2.24) is 10.3 Å². The van der Waals surface area contributed by atoms with Crippen LogP contribution in [-0.4, -0.2) is 11.5 Å². The second-order valence-corrected chi connectivity index (χ2v) is 3.48. The number of hydrogen-bond acceptors (Lipinski definition) is 2. The van der Waals surface area contributed by atoms with Crippen LogP contribution in [0.1, 0.15) is 30.1 Å². The fourth-order valence-electron chi connectivity index (χ4n) is 1.83. The van der Waals surface area contributed by atoms with E-state index in [0.717, 1.165) is 24.2 Å². The van der Waals surface area contributed by atoms with E-state index in [9.17, 15) is 4.39 Å². The molecule has 2 nitrogen and oxygen atoms in total. The van der Waals surface area contributed by atoms with Crippen LogP contribution in [0.3, 0.4) is 0 Å². The summed E-state index contributed by atoms with van der Waals surface area (Å²) in [7, 11) is 0. The number of nitrogens with zero attached hydrogens (tertiary/aromatic N) is 1. The Morgan fingerprint density at radius 1 is 1.62 bits per heavy atom. The number of halogens is 1. The van der Waals surface area contributed by atoms with Gasteiger partial charge in [-0.2, -0.15) is 0 Å². The zero-order valence-corrected chi connectivity index (χ0v) is 7.68. The van der Waals surface area contributed by atoms with E-state index in [-0.39, 0.29) is 5.82 Å². The maximum Gasteiger partial charge on any atom is 0.141 e. The van der Waals surface area contributed by atoms with Crippen LogP contribution < -0.4 is 5.32 Å². The number of aryl methyl sites for hydroxylation is 1. The number of rotatable bonds is 1. The summed E-state index contributed by atoms with van der Waals surface area (Å²) >= 11 is 0. The van der Waals surface area contributed by atoms with Crippen LogP contribution in [-0.2, 0) is 0 Å². The molecule has 70 valence electrons. The molecule has 1 aliphatic heterocycles. The van der Waals surface area contributed by atoms with Gasteiger partial charge in [0.05, 0.1) is 6.20 Å². The molecular formula is C10H13FN2. The predicted octanol–water partition coefficient (Wildman–Crippen LogP) is 1.95. The van der Waals surface area contributed by atoms with E-state index in [4.69, 9.17) is 0 Å². The standard InChI is InChI=1S/C10H13FN2/c1-7-9(5-8(11)6-13-7)10-3-2-4-12-10/h5-6,10,12H,2-4H2,1H3. The molecular weight excluding hydrogens is 167 g/mol. The SMILES string of the molecule is Cc1ncc(F)cc1C1CCCN1. The van der Waals surface area contributed by atoms with Gasteiger partial charge in [-0.1, -0.05) is 0 Å². The Kier molecular flexibility index (Phi) is 2.27. The monoisotopic (exact) mass is 180 g/mol. The Hall–Kier alpha value is -0.960. The first kappa shape index (κ1) is 8.63. The van der Waals surface area contributed by atoms with Gasteiger partial charge in [-0.05, 0) is 37.9 Å². The van der Waals surface area contributed by atoms with Crippen molar-refractivity contribution in [3.8, 4) is 0 Å². The number of hydrogen-bond donors (Lipinski definition) is 1. The van der Waals surface area contributed by atoms with E-state index in [0.29, 0.717) is 6.04 Å². The molecule has 0 aromatic carbocycles. The first-order valence-electron chi connectivity index (χ1n) is 4.63. The molecule has 2 heterocycles. The van der Waals surface area contributed by atoms with E-state index in [1.807, 2.05) is 6.92 Å². The molecule has 1 saturated heterocycles. The normalized spacial score (nSPS) is 22.2. The second-order valence-electron chi connectivity index (χ2n) is 3.48. The highest BCUT2D eigenvalue weighted by Gasteiger charge is 2.18. The molecule has 1 atom stereocenters. The molecule has 0 amide bonds. The maximum absolute atomic E-state index is 12.9. The van der Waals surface area contributed by atoms with E-state index >= 15 is 0 Å². The van der Waals surface area contributed by atoms with Crippen molar-refractivity contribution in [2.75, 3.05) is 6.54 Å². The molecule has 13 heavy (non-hydrogen) atoms. The molecule has 0 radical (unpaired) electrons. The highest BCUT2D eigenvalue weighted by atomic mass is 19.1. The van der Waals surface area contributed by atoms with Crippen LogP contribution >= 0.6 is 0 Å². The molecule has 0 aliphatic carbocycles. The quantitative estimate of drug-likeness (QED) is 0.714. The van der Waals surface area contributed by atoms with Gasteiger partial charge in [-0.15, -0.1) is 0 Å². The Morgan fingerprint density at radius 3 is 3.15 bits per heavy atom. The van der Waals surface area contributed by atoms with Crippen molar-refractivity contribution in [2.24, 2.45) is 0 Å². The molecule has 1 fully saturated rings. The van der Waals surface area contributed by atoms with Crippen LogP contribution in [0.5, 0.6) is 0 Å². The largest absolute Gasteiger partial charge is 0.310 e. The highest BCUT2D eigenvalue weighted by molar-refractivity contribution is 5.24. The fourth-order valence-corrected chi connectivity index (χ4v) is 1.83. The zero-order valence-electron chi connectivity index (χ0n) is 7.68. The smallest absolute Gasteiger partial charge is 0.141 e. The molecule has 0 bridgehead atoms. The Bertz CT molecular complexity index is 306. The van der Waals surface area contributed by atoms with Crippen molar-refractivity contribution in [3.05, 3.63) is 29.3 Å². The maximum atomic E-state index is 12.9. The van der Waals surface area contributed by atoms with Crippen molar-refractivity contribution in [2.45, 2.75) is 25.8 Å². The molecule has 1 aromatic rings. The van der Waals surface area contributed by atoms with Gasteiger partial charge in [0.1, 0.15) is 5.82 Å². The minimum Gasteiger partial charge on any atom is -0.310 e. The van der Waals surface area contributed by atoms with Gasteiger partial charge in [-0.25, -0.2) is 4.39 Å². The third-order valence-electron chi connectivity index (χ3n) is 2.53. The lowest BCUT2D eigenvalue weighted by Gasteiger charge is -2.12. The molecule has 2 rings (SSSR count). The van der Waals surface area contributed by atoms with Gasteiger partial charge in [0, 0.05) is 11.7 Å². The van der Waals surface area contributed by atoms with Crippen LogP contribution in [0.4, 0.5) is 4.39 Å². The average Bonchev–Trinajstić information content (AvgIpc) is 2.61. The lowest BCUT2D eigenvalue weighted by Crippen LogP contribution is -2.14. The Morgan fingerprint density at radius 2 is 2.46 bits per heavy atom. The molecule has 1 N–H and O–H groups in total. The van der Waals surface area contributed by atoms with Crippen molar-refractivity contribution >= 4 is 0 Å². The minimum absolute atomic E-state index is 0.241. The third-order valence-corrected chi connectivity index (χ3v) is 2.53. The topological polar surface area (TPSA) is 24.9 Å². The summed E-state index contributed by atoms with van der Waals surface area (Å²) in [5.74, 6) is -0.241. The van der Waals surface area contributed by atoms with E-state index in [2.05, 4.69) is 10.3 Å². The average molecular weight is 180 g/mol. The van der Waals surface area contributed by atoms with E-state index in [1.165, 1.54) is 12.6 Å². The van der Waals surface area contributed by atoms with Gasteiger partial charge in [0.2, 0.25) is 0 Å². The summed E-state index contributed by atoms with van der Waals surface area (Å²) in [6.07, 6.45) is 3.53. The molecule has 3 heteroatoms. The lowest BCUT2D eigenvalue weighted by atomic mass is 10.0. The summed E-state index contributed by atoms with van der Waals surface area (Å²) < 4.78 is 12.9. The fraction of sp³-hybridized carbons (Fsp3) is 0.500. The number of pyridine rings is 1. The van der Waals surface area contributed by atoms with Gasteiger partial charge < -0.3 is 5.32 Å². The summed E-state index contributed by atoms with van der Waals surface area (Å²) in [5, 5.41) is 3.33. The van der Waals surface area contributed by atoms with Gasteiger partial charge in [0.15, 0.2) is 0 Å². The minimum atomic E-state index is -0.241. The molecule has 0 saturated carbocycles. The number of nitrogens with one attached hydrogen (secondary N) is 1. The molecule has 1 unspecified atom stereocenters. The summed E-state index contributed by atoms with van der Waals surface area (Å²) in [6, 6.07) is 1.90. The Balaban J connectivity index is 2.32. The number of aromatic nitrogens is 1. The van der Waals surface area contributed by atoms with Crippen LogP contribution in [0.2, 0.25) is 0 Å². The predicted molar refractivity (Wildman–Crippen MR) is 48.9 cm³/mol. The zero-order chi connectivity index (χ0) is 9.26. The Labute approximate surface area is 77.2 Å². The van der Waals surface area contributed by atoms with Crippen LogP contribution in [0.25, 0.3) is 0 Å². The van der Waals surface area contributed by atoms with Crippen LogP contribution in [0, 0.1) is 12.7 Å².